The number of rotatable bonds is 4. The second kappa shape index (κ2) is 10.4. The summed E-state index contributed by atoms with van der Waals surface area (Å²) in [7, 11) is 0. The fraction of sp³-hybridized carbons (Fsp3) is 0.0638. The minimum absolute atomic E-state index is 0.132. The van der Waals surface area contributed by atoms with E-state index in [1.807, 2.05) is 0 Å². The lowest BCUT2D eigenvalue weighted by atomic mass is 9.82. The van der Waals surface area contributed by atoms with Gasteiger partial charge in [-0.3, -0.25) is 0 Å². The van der Waals surface area contributed by atoms with Crippen LogP contribution in [0.15, 0.2) is 168 Å². The van der Waals surface area contributed by atoms with Crippen molar-refractivity contribution < 1.29 is 4.42 Å². The second-order valence-corrected chi connectivity index (χ2v) is 13.7. The molecule has 0 radical (unpaired) electrons. The first kappa shape index (κ1) is 27.9. The molecule has 0 fully saturated rings. The number of fused-ring (bicyclic) bond motifs is 9. The molecule has 1 heterocycles. The van der Waals surface area contributed by atoms with Crippen LogP contribution in [0.25, 0.3) is 65.7 Å². The quantitative estimate of drug-likeness (QED) is 0.193. The maximum absolute atomic E-state index is 6.81. The van der Waals surface area contributed by atoms with Crippen molar-refractivity contribution in [1.82, 2.24) is 0 Å². The molecule has 0 unspecified atom stereocenters. The van der Waals surface area contributed by atoms with Crippen LogP contribution in [0.2, 0.25) is 0 Å². The predicted molar refractivity (Wildman–Crippen MR) is 206 cm³/mol. The van der Waals surface area contributed by atoms with Crippen LogP contribution in [0, 0.1) is 0 Å². The third-order valence-corrected chi connectivity index (χ3v) is 10.6. The van der Waals surface area contributed by atoms with Gasteiger partial charge in [0.1, 0.15) is 11.2 Å². The van der Waals surface area contributed by atoms with Gasteiger partial charge in [-0.2, -0.15) is 0 Å². The third kappa shape index (κ3) is 4.14. The Hall–Kier alpha value is -6.12. The van der Waals surface area contributed by atoms with Gasteiger partial charge in [0, 0.05) is 33.1 Å². The van der Waals surface area contributed by atoms with Crippen molar-refractivity contribution in [1.29, 1.82) is 0 Å². The molecule has 0 bridgehead atoms. The molecule has 1 aliphatic carbocycles. The van der Waals surface area contributed by atoms with E-state index in [-0.39, 0.29) is 5.41 Å². The summed E-state index contributed by atoms with van der Waals surface area (Å²) in [5.74, 6) is 0. The standard InChI is InChI=1S/C47H33NO/c1-47(2)41-19-11-10-18-38(41)39-25-23-35(29-42(39)47)48(34-22-20-30-12-6-7-16-33(30)28-34)45-36(31-13-4-3-5-14-31)26-27-43-44(45)40-24-21-32-15-8-9-17-37(32)46(40)49-43/h3-29H,1-2H3. The molecule has 0 amide bonds. The van der Waals surface area contributed by atoms with Gasteiger partial charge in [-0.05, 0) is 86.4 Å². The fourth-order valence-corrected chi connectivity index (χ4v) is 8.22. The summed E-state index contributed by atoms with van der Waals surface area (Å²) >= 11 is 0. The van der Waals surface area contributed by atoms with Crippen LogP contribution in [0.1, 0.15) is 25.0 Å². The van der Waals surface area contributed by atoms with Crippen LogP contribution in [-0.4, -0.2) is 0 Å². The first-order valence-electron chi connectivity index (χ1n) is 17.0. The molecule has 0 N–H and O–H groups in total. The van der Waals surface area contributed by atoms with Gasteiger partial charge in [0.15, 0.2) is 0 Å². The van der Waals surface area contributed by atoms with Gasteiger partial charge < -0.3 is 9.32 Å². The lowest BCUT2D eigenvalue weighted by Crippen LogP contribution is -2.17. The Morgan fingerprint density at radius 1 is 0.469 bits per heavy atom. The molecule has 9 aromatic rings. The van der Waals surface area contributed by atoms with Crippen molar-refractivity contribution in [3.05, 3.63) is 175 Å². The topological polar surface area (TPSA) is 16.4 Å². The molecule has 2 heteroatoms. The molecular weight excluding hydrogens is 595 g/mol. The molecule has 10 rings (SSSR count). The first-order valence-corrected chi connectivity index (χ1v) is 17.0. The molecule has 0 spiro atoms. The molecule has 1 aliphatic rings. The van der Waals surface area contributed by atoms with Gasteiger partial charge in [0.2, 0.25) is 0 Å². The van der Waals surface area contributed by atoms with Crippen LogP contribution < -0.4 is 4.90 Å². The fourth-order valence-electron chi connectivity index (χ4n) is 8.22. The Morgan fingerprint density at radius 2 is 1.12 bits per heavy atom. The Morgan fingerprint density at radius 3 is 2.00 bits per heavy atom. The van der Waals surface area contributed by atoms with E-state index in [2.05, 4.69) is 183 Å². The van der Waals surface area contributed by atoms with Crippen molar-refractivity contribution >= 4 is 60.5 Å². The van der Waals surface area contributed by atoms with Crippen LogP contribution in [0.3, 0.4) is 0 Å². The van der Waals surface area contributed by atoms with Crippen molar-refractivity contribution in [3.8, 4) is 22.3 Å². The zero-order chi connectivity index (χ0) is 32.7. The minimum atomic E-state index is -0.132. The zero-order valence-corrected chi connectivity index (χ0v) is 27.4. The summed E-state index contributed by atoms with van der Waals surface area (Å²) in [6, 6.07) is 59.5. The summed E-state index contributed by atoms with van der Waals surface area (Å²) in [6.45, 7) is 4.71. The maximum atomic E-state index is 6.81. The second-order valence-electron chi connectivity index (χ2n) is 13.7. The Balaban J connectivity index is 1.33. The van der Waals surface area contributed by atoms with E-state index in [9.17, 15) is 0 Å². The van der Waals surface area contributed by atoms with Crippen molar-refractivity contribution in [3.63, 3.8) is 0 Å². The largest absolute Gasteiger partial charge is 0.455 e. The van der Waals surface area contributed by atoms with E-state index in [0.717, 1.165) is 55.5 Å². The minimum Gasteiger partial charge on any atom is -0.455 e. The highest BCUT2D eigenvalue weighted by Gasteiger charge is 2.36. The van der Waals surface area contributed by atoms with E-state index in [1.165, 1.54) is 38.4 Å². The van der Waals surface area contributed by atoms with Crippen LogP contribution in [0.5, 0.6) is 0 Å². The summed E-state index contributed by atoms with van der Waals surface area (Å²) in [6.07, 6.45) is 0. The lowest BCUT2D eigenvalue weighted by molar-refractivity contribution is 0.660. The molecule has 2 nitrogen and oxygen atoms in total. The molecule has 0 saturated carbocycles. The van der Waals surface area contributed by atoms with Crippen LogP contribution in [0.4, 0.5) is 17.1 Å². The molecule has 0 saturated heterocycles. The van der Waals surface area contributed by atoms with Gasteiger partial charge in [-0.15, -0.1) is 0 Å². The van der Waals surface area contributed by atoms with Crippen LogP contribution >= 0.6 is 0 Å². The van der Waals surface area contributed by atoms with Gasteiger partial charge in [-0.1, -0.05) is 135 Å². The van der Waals surface area contributed by atoms with Gasteiger partial charge in [0.05, 0.1) is 11.1 Å². The number of benzene rings is 8. The van der Waals surface area contributed by atoms with Crippen molar-refractivity contribution in [2.24, 2.45) is 0 Å². The zero-order valence-electron chi connectivity index (χ0n) is 27.4. The monoisotopic (exact) mass is 627 g/mol. The molecule has 1 aromatic heterocycles. The van der Waals surface area contributed by atoms with Gasteiger partial charge >= 0.3 is 0 Å². The highest BCUT2D eigenvalue weighted by molar-refractivity contribution is 6.22. The van der Waals surface area contributed by atoms with Gasteiger partial charge in [-0.25, -0.2) is 0 Å². The normalized spacial score (nSPS) is 13.3. The Bertz CT molecular complexity index is 2750. The number of hydrogen-bond acceptors (Lipinski definition) is 2. The molecular formula is C47H33NO. The van der Waals surface area contributed by atoms with E-state index in [0.29, 0.717) is 0 Å². The SMILES string of the molecule is CC1(C)c2ccccc2-c2ccc(N(c3ccc4ccccc4c3)c3c(-c4ccccc4)ccc4oc5c6ccccc6ccc5c34)cc21. The average molecular weight is 628 g/mol. The highest BCUT2D eigenvalue weighted by Crippen LogP contribution is 2.53. The summed E-state index contributed by atoms with van der Waals surface area (Å²) < 4.78 is 6.81. The maximum Gasteiger partial charge on any atom is 0.143 e. The molecule has 232 valence electrons. The molecule has 8 aromatic carbocycles. The Kier molecular flexibility index (Phi) is 5.95. The van der Waals surface area contributed by atoms with Crippen molar-refractivity contribution in [2.45, 2.75) is 19.3 Å². The smallest absolute Gasteiger partial charge is 0.143 e. The highest BCUT2D eigenvalue weighted by atomic mass is 16.3. The summed E-state index contributed by atoms with van der Waals surface area (Å²) in [5.41, 5.74) is 12.7. The Labute approximate surface area is 285 Å². The van der Waals surface area contributed by atoms with E-state index in [1.54, 1.807) is 0 Å². The molecule has 0 atom stereocenters. The third-order valence-electron chi connectivity index (χ3n) is 10.6. The molecule has 0 aliphatic heterocycles. The number of furan rings is 1. The summed E-state index contributed by atoms with van der Waals surface area (Å²) in [5, 5.41) is 6.94. The van der Waals surface area contributed by atoms with E-state index in [4.69, 9.17) is 4.42 Å². The number of anilines is 3. The van der Waals surface area contributed by atoms with Gasteiger partial charge in [0.25, 0.3) is 0 Å². The van der Waals surface area contributed by atoms with Crippen LogP contribution in [-0.2, 0) is 5.41 Å². The average Bonchev–Trinajstić information content (AvgIpc) is 3.65. The predicted octanol–water partition coefficient (Wildman–Crippen LogP) is 13.3. The molecule has 49 heavy (non-hydrogen) atoms. The lowest BCUT2D eigenvalue weighted by Gasteiger charge is -2.30. The first-order chi connectivity index (χ1) is 24.1. The van der Waals surface area contributed by atoms with E-state index >= 15 is 0 Å². The van der Waals surface area contributed by atoms with Crippen molar-refractivity contribution in [2.75, 3.05) is 4.90 Å². The number of hydrogen-bond donors (Lipinski definition) is 0. The summed E-state index contributed by atoms with van der Waals surface area (Å²) in [4.78, 5) is 2.47. The number of nitrogens with zero attached hydrogens (tertiary/aromatic N) is 1. The van der Waals surface area contributed by atoms with E-state index < -0.39 is 0 Å².